The summed E-state index contributed by atoms with van der Waals surface area (Å²) in [4.78, 5) is 28.6. The van der Waals surface area contributed by atoms with E-state index in [0.29, 0.717) is 38.0 Å². The molecule has 3 aromatic rings. The van der Waals surface area contributed by atoms with Gasteiger partial charge in [0.05, 0.1) is 21.5 Å². The van der Waals surface area contributed by atoms with E-state index in [1.165, 1.54) is 28.6 Å². The number of sulfone groups is 1. The number of piperidine rings is 1. The molecule has 3 aromatic carbocycles. The standard InChI is InChI=1S/C29H32N2O7S2/c1-38-18-6-16-30-26-15-10-20(23-7-5-8-24(28(23)26)29(30)33)19-27(32)25-9-3-4-17-31(25)40(36,37)22-13-11-21(12-14-22)39(2,34)35/h5,7-8,10-15,25H,3-4,6,9,16-19H2,1-2H3. The van der Waals surface area contributed by atoms with Gasteiger partial charge in [0.2, 0.25) is 10.0 Å². The first kappa shape index (κ1) is 28.4. The van der Waals surface area contributed by atoms with Gasteiger partial charge in [-0.1, -0.05) is 24.6 Å². The molecule has 0 spiro atoms. The summed E-state index contributed by atoms with van der Waals surface area (Å²) in [5.74, 6) is -0.287. The molecule has 1 saturated heterocycles. The van der Waals surface area contributed by atoms with Crippen molar-refractivity contribution in [2.24, 2.45) is 0 Å². The molecule has 40 heavy (non-hydrogen) atoms. The molecule has 2 aliphatic rings. The van der Waals surface area contributed by atoms with Crippen molar-refractivity contribution in [1.29, 1.82) is 0 Å². The van der Waals surface area contributed by atoms with E-state index in [4.69, 9.17) is 4.74 Å². The molecule has 0 radical (unpaired) electrons. The Morgan fingerprint density at radius 2 is 1.70 bits per heavy atom. The maximum Gasteiger partial charge on any atom is 0.258 e. The molecule has 1 atom stereocenters. The van der Waals surface area contributed by atoms with Crippen LogP contribution in [0.4, 0.5) is 5.69 Å². The van der Waals surface area contributed by atoms with Crippen molar-refractivity contribution >= 4 is 48.0 Å². The predicted octanol–water partition coefficient (Wildman–Crippen LogP) is 3.60. The number of hydrogen-bond acceptors (Lipinski definition) is 7. The van der Waals surface area contributed by atoms with E-state index in [1.807, 2.05) is 24.3 Å². The van der Waals surface area contributed by atoms with E-state index in [-0.39, 0.29) is 34.4 Å². The fourth-order valence-corrected chi connectivity index (χ4v) is 7.97. The number of Topliss-reactive ketones (excluding diaryl/α,β-unsaturated/α-hetero) is 1. The zero-order valence-corrected chi connectivity index (χ0v) is 24.1. The van der Waals surface area contributed by atoms with Crippen LogP contribution < -0.4 is 4.90 Å². The molecular formula is C29H32N2O7S2. The molecule has 0 bridgehead atoms. The Morgan fingerprint density at radius 1 is 0.975 bits per heavy atom. The minimum atomic E-state index is -4.03. The molecule has 1 fully saturated rings. The van der Waals surface area contributed by atoms with Crippen molar-refractivity contribution in [1.82, 2.24) is 4.31 Å². The largest absolute Gasteiger partial charge is 0.385 e. The third-order valence-electron chi connectivity index (χ3n) is 7.65. The Bertz CT molecular complexity index is 1680. The molecule has 2 aliphatic heterocycles. The molecule has 212 valence electrons. The zero-order valence-electron chi connectivity index (χ0n) is 22.5. The highest BCUT2D eigenvalue weighted by molar-refractivity contribution is 7.90. The summed E-state index contributed by atoms with van der Waals surface area (Å²) in [7, 11) is -5.88. The van der Waals surface area contributed by atoms with Crippen LogP contribution in [0.2, 0.25) is 0 Å². The van der Waals surface area contributed by atoms with E-state index in [2.05, 4.69) is 0 Å². The molecular weight excluding hydrogens is 552 g/mol. The molecule has 0 N–H and O–H groups in total. The molecule has 0 aliphatic carbocycles. The topological polar surface area (TPSA) is 118 Å². The molecule has 0 aromatic heterocycles. The maximum atomic E-state index is 13.7. The fourth-order valence-electron chi connectivity index (χ4n) is 5.66. The van der Waals surface area contributed by atoms with Gasteiger partial charge in [0.25, 0.3) is 5.91 Å². The maximum absolute atomic E-state index is 13.7. The van der Waals surface area contributed by atoms with Gasteiger partial charge in [0, 0.05) is 50.4 Å². The lowest BCUT2D eigenvalue weighted by molar-refractivity contribution is -0.122. The molecule has 2 heterocycles. The summed E-state index contributed by atoms with van der Waals surface area (Å²) in [6, 6.07) is 13.5. The Kier molecular flexibility index (Phi) is 7.84. The van der Waals surface area contributed by atoms with Gasteiger partial charge in [-0.25, -0.2) is 16.8 Å². The first-order valence-corrected chi connectivity index (χ1v) is 16.6. The van der Waals surface area contributed by atoms with Crippen LogP contribution in [0.15, 0.2) is 64.4 Å². The zero-order chi connectivity index (χ0) is 28.7. The highest BCUT2D eigenvalue weighted by Gasteiger charge is 2.38. The van der Waals surface area contributed by atoms with Crippen LogP contribution in [-0.4, -0.2) is 71.9 Å². The smallest absolute Gasteiger partial charge is 0.258 e. The monoisotopic (exact) mass is 584 g/mol. The van der Waals surface area contributed by atoms with Gasteiger partial charge in [0.1, 0.15) is 0 Å². The molecule has 0 saturated carbocycles. The Balaban J connectivity index is 1.43. The first-order chi connectivity index (χ1) is 19.0. The van der Waals surface area contributed by atoms with Crippen LogP contribution in [0.3, 0.4) is 0 Å². The van der Waals surface area contributed by atoms with Gasteiger partial charge < -0.3 is 9.64 Å². The predicted molar refractivity (Wildman–Crippen MR) is 152 cm³/mol. The van der Waals surface area contributed by atoms with Gasteiger partial charge in [-0.2, -0.15) is 4.31 Å². The number of nitrogens with zero attached hydrogens (tertiary/aromatic N) is 2. The Labute approximate surface area is 234 Å². The fraction of sp³-hybridized carbons (Fsp3) is 0.379. The second-order valence-corrected chi connectivity index (χ2v) is 14.2. The van der Waals surface area contributed by atoms with E-state index < -0.39 is 25.9 Å². The summed E-state index contributed by atoms with van der Waals surface area (Å²) < 4.78 is 57.2. The van der Waals surface area contributed by atoms with Gasteiger partial charge in [-0.3, -0.25) is 9.59 Å². The van der Waals surface area contributed by atoms with Crippen LogP contribution in [0.5, 0.6) is 0 Å². The highest BCUT2D eigenvalue weighted by Crippen LogP contribution is 2.39. The van der Waals surface area contributed by atoms with Crippen LogP contribution >= 0.6 is 0 Å². The number of ether oxygens (including phenoxy) is 1. The van der Waals surface area contributed by atoms with E-state index in [1.54, 1.807) is 18.1 Å². The second kappa shape index (κ2) is 11.0. The summed E-state index contributed by atoms with van der Waals surface area (Å²) >= 11 is 0. The number of rotatable bonds is 10. The van der Waals surface area contributed by atoms with Crippen molar-refractivity contribution in [2.75, 3.05) is 38.0 Å². The van der Waals surface area contributed by atoms with Gasteiger partial charge in [-0.05, 0) is 66.6 Å². The average molecular weight is 585 g/mol. The quantitative estimate of drug-likeness (QED) is 0.334. The number of carbonyl (C=O) groups excluding carboxylic acids is 2. The molecule has 11 heteroatoms. The first-order valence-electron chi connectivity index (χ1n) is 13.2. The number of hydrogen-bond donors (Lipinski definition) is 0. The molecule has 5 rings (SSSR count). The van der Waals surface area contributed by atoms with Crippen LogP contribution in [0, 0.1) is 0 Å². The third-order valence-corrected chi connectivity index (χ3v) is 10.7. The van der Waals surface area contributed by atoms with E-state index in [0.717, 1.165) is 34.7 Å². The lowest BCUT2D eigenvalue weighted by Gasteiger charge is -2.33. The SMILES string of the molecule is COCCCN1C(=O)c2cccc3c(CC(=O)C4CCCCN4S(=O)(=O)c4ccc(S(C)(=O)=O)cc4)ccc1c23. The van der Waals surface area contributed by atoms with Crippen LogP contribution in [-0.2, 0) is 35.8 Å². The second-order valence-electron chi connectivity index (χ2n) is 10.3. The number of sulfonamides is 1. The van der Waals surface area contributed by atoms with Gasteiger partial charge >= 0.3 is 0 Å². The average Bonchev–Trinajstić information content (AvgIpc) is 3.21. The molecule has 1 amide bonds. The minimum absolute atomic E-state index is 0.0283. The number of ketones is 1. The van der Waals surface area contributed by atoms with Crippen molar-refractivity contribution in [3.05, 3.63) is 65.7 Å². The Hall–Kier alpha value is -3.12. The summed E-state index contributed by atoms with van der Waals surface area (Å²) in [5, 5.41) is 1.63. The number of anilines is 1. The summed E-state index contributed by atoms with van der Waals surface area (Å²) in [6.45, 7) is 1.27. The molecule has 1 unspecified atom stereocenters. The third kappa shape index (κ3) is 5.18. The van der Waals surface area contributed by atoms with Crippen LogP contribution in [0.25, 0.3) is 10.8 Å². The lowest BCUT2D eigenvalue weighted by Crippen LogP contribution is -2.48. The van der Waals surface area contributed by atoms with Crippen molar-refractivity contribution in [3.8, 4) is 0 Å². The van der Waals surface area contributed by atoms with Crippen molar-refractivity contribution in [3.63, 3.8) is 0 Å². The van der Waals surface area contributed by atoms with E-state index >= 15 is 0 Å². The van der Waals surface area contributed by atoms with Gasteiger partial charge in [-0.15, -0.1) is 0 Å². The normalized spacial score (nSPS) is 18.0. The summed E-state index contributed by atoms with van der Waals surface area (Å²) in [6.07, 6.45) is 3.55. The minimum Gasteiger partial charge on any atom is -0.385 e. The van der Waals surface area contributed by atoms with Crippen molar-refractivity contribution in [2.45, 2.75) is 47.9 Å². The number of benzene rings is 3. The number of carbonyl (C=O) groups is 2. The number of amides is 1. The Morgan fingerprint density at radius 3 is 2.40 bits per heavy atom. The lowest BCUT2D eigenvalue weighted by atomic mass is 9.93. The summed E-state index contributed by atoms with van der Waals surface area (Å²) in [5.41, 5.74) is 2.15. The van der Waals surface area contributed by atoms with Crippen molar-refractivity contribution < 1.29 is 31.2 Å². The van der Waals surface area contributed by atoms with E-state index in [9.17, 15) is 26.4 Å². The highest BCUT2D eigenvalue weighted by atomic mass is 32.2. The molecule has 9 nitrogen and oxygen atoms in total. The number of methoxy groups -OCH3 is 1. The van der Waals surface area contributed by atoms with Gasteiger partial charge in [0.15, 0.2) is 15.6 Å². The van der Waals surface area contributed by atoms with Crippen LogP contribution in [0.1, 0.15) is 41.6 Å².